The van der Waals surface area contributed by atoms with Crippen LogP contribution in [0.4, 0.5) is 0 Å². The summed E-state index contributed by atoms with van der Waals surface area (Å²) in [4.78, 5) is 23.5. The zero-order chi connectivity index (χ0) is 15.9. The SMILES string of the molecule is Cn1[nH]c(=O)n(-c2ccc(OCCCCCCN)cc2)c1=O. The van der Waals surface area contributed by atoms with Crippen LogP contribution < -0.4 is 21.9 Å². The van der Waals surface area contributed by atoms with Gasteiger partial charge < -0.3 is 10.5 Å². The second-order valence-corrected chi connectivity index (χ2v) is 5.14. The number of H-pyrrole nitrogens is 1. The molecule has 120 valence electrons. The molecule has 0 saturated heterocycles. The fraction of sp³-hybridized carbons (Fsp3) is 0.467. The Bertz CT molecular complexity index is 697. The van der Waals surface area contributed by atoms with E-state index in [9.17, 15) is 9.59 Å². The number of aryl methyl sites for hydroxylation is 1. The van der Waals surface area contributed by atoms with Gasteiger partial charge in [0.2, 0.25) is 0 Å². The van der Waals surface area contributed by atoms with E-state index in [1.54, 1.807) is 24.3 Å². The van der Waals surface area contributed by atoms with Gasteiger partial charge in [-0.25, -0.2) is 23.9 Å². The molecule has 0 spiro atoms. The first-order chi connectivity index (χ1) is 10.6. The lowest BCUT2D eigenvalue weighted by molar-refractivity contribution is 0.305. The van der Waals surface area contributed by atoms with Crippen molar-refractivity contribution < 1.29 is 4.74 Å². The molecule has 7 nitrogen and oxygen atoms in total. The topological polar surface area (TPSA) is 95.0 Å². The molecule has 0 aliphatic carbocycles. The predicted octanol–water partition coefficient (Wildman–Crippen LogP) is 0.762. The Morgan fingerprint density at radius 3 is 2.36 bits per heavy atom. The van der Waals surface area contributed by atoms with Crippen LogP contribution in [0.25, 0.3) is 5.69 Å². The Kier molecular flexibility index (Phi) is 5.60. The van der Waals surface area contributed by atoms with E-state index < -0.39 is 11.4 Å². The van der Waals surface area contributed by atoms with E-state index in [1.807, 2.05) is 0 Å². The summed E-state index contributed by atoms with van der Waals surface area (Å²) in [6.07, 6.45) is 4.26. The summed E-state index contributed by atoms with van der Waals surface area (Å²) in [6.45, 7) is 1.39. The van der Waals surface area contributed by atoms with Crippen LogP contribution in [0.5, 0.6) is 5.75 Å². The van der Waals surface area contributed by atoms with E-state index in [-0.39, 0.29) is 0 Å². The van der Waals surface area contributed by atoms with E-state index in [4.69, 9.17) is 10.5 Å². The number of nitrogens with one attached hydrogen (secondary N) is 1. The Morgan fingerprint density at radius 1 is 1.09 bits per heavy atom. The lowest BCUT2D eigenvalue weighted by Gasteiger charge is -2.07. The fourth-order valence-electron chi connectivity index (χ4n) is 2.19. The molecule has 7 heteroatoms. The summed E-state index contributed by atoms with van der Waals surface area (Å²) in [5.74, 6) is 0.725. The van der Waals surface area contributed by atoms with Crippen LogP contribution in [0.2, 0.25) is 0 Å². The summed E-state index contributed by atoms with van der Waals surface area (Å²) in [5, 5.41) is 2.42. The summed E-state index contributed by atoms with van der Waals surface area (Å²) in [6, 6.07) is 6.91. The third-order valence-electron chi connectivity index (χ3n) is 3.41. The van der Waals surface area contributed by atoms with Crippen LogP contribution in [-0.4, -0.2) is 27.5 Å². The van der Waals surface area contributed by atoms with Gasteiger partial charge >= 0.3 is 11.4 Å². The summed E-state index contributed by atoms with van der Waals surface area (Å²) in [5.41, 5.74) is 5.09. The molecule has 0 radical (unpaired) electrons. The maximum atomic E-state index is 11.8. The average molecular weight is 306 g/mol. The number of hydrogen-bond acceptors (Lipinski definition) is 4. The number of benzene rings is 1. The minimum absolute atomic E-state index is 0.404. The number of unbranched alkanes of at least 4 members (excludes halogenated alkanes) is 3. The lowest BCUT2D eigenvalue weighted by atomic mass is 10.2. The second-order valence-electron chi connectivity index (χ2n) is 5.14. The lowest BCUT2D eigenvalue weighted by Crippen LogP contribution is -2.26. The molecule has 2 aromatic rings. The van der Waals surface area contributed by atoms with Crippen LogP contribution in [0.3, 0.4) is 0 Å². The van der Waals surface area contributed by atoms with Gasteiger partial charge in [-0.15, -0.1) is 0 Å². The van der Waals surface area contributed by atoms with Crippen molar-refractivity contribution in [2.45, 2.75) is 25.7 Å². The number of nitrogens with two attached hydrogens (primary N) is 1. The molecule has 0 aliphatic heterocycles. The molecular formula is C15H22N4O3. The molecule has 3 N–H and O–H groups in total. The number of hydrogen-bond donors (Lipinski definition) is 2. The Hall–Kier alpha value is -2.28. The average Bonchev–Trinajstić information content (AvgIpc) is 2.77. The van der Waals surface area contributed by atoms with Gasteiger partial charge in [-0.1, -0.05) is 12.8 Å². The minimum atomic E-state index is -0.457. The van der Waals surface area contributed by atoms with Crippen LogP contribution in [0, 0.1) is 0 Å². The smallest absolute Gasteiger partial charge is 0.351 e. The first-order valence-corrected chi connectivity index (χ1v) is 7.45. The molecule has 1 aromatic heterocycles. The van der Waals surface area contributed by atoms with Crippen molar-refractivity contribution in [1.29, 1.82) is 0 Å². The molecule has 0 amide bonds. The summed E-state index contributed by atoms with van der Waals surface area (Å²) < 4.78 is 7.86. The van der Waals surface area contributed by atoms with Gasteiger partial charge in [-0.3, -0.25) is 0 Å². The van der Waals surface area contributed by atoms with Crippen LogP contribution in [0.15, 0.2) is 33.9 Å². The highest BCUT2D eigenvalue weighted by molar-refractivity contribution is 5.36. The largest absolute Gasteiger partial charge is 0.494 e. The van der Waals surface area contributed by atoms with Crippen LogP contribution in [0.1, 0.15) is 25.7 Å². The maximum Gasteiger partial charge on any atom is 0.351 e. The standard InChI is InChI=1S/C15H22N4O3/c1-18-15(21)19(14(20)17-18)12-6-8-13(9-7-12)22-11-5-3-2-4-10-16/h6-9H,2-5,10-11,16H2,1H3,(H,17,20). The van der Waals surface area contributed by atoms with Crippen molar-refractivity contribution in [3.63, 3.8) is 0 Å². The maximum absolute atomic E-state index is 11.8. The number of nitrogens with zero attached hydrogens (tertiary/aromatic N) is 2. The normalized spacial score (nSPS) is 10.8. The van der Waals surface area contributed by atoms with Crippen molar-refractivity contribution in [2.75, 3.05) is 13.2 Å². The molecule has 0 fully saturated rings. The number of aromatic amines is 1. The molecule has 0 bridgehead atoms. The molecule has 2 rings (SSSR count). The van der Waals surface area contributed by atoms with Gasteiger partial charge in [0.25, 0.3) is 0 Å². The van der Waals surface area contributed by atoms with Crippen molar-refractivity contribution in [3.05, 3.63) is 45.2 Å². The van der Waals surface area contributed by atoms with Crippen LogP contribution in [-0.2, 0) is 7.05 Å². The molecule has 0 unspecified atom stereocenters. The van der Waals surface area contributed by atoms with E-state index in [0.29, 0.717) is 12.3 Å². The number of rotatable bonds is 8. The van der Waals surface area contributed by atoms with Gasteiger partial charge in [0.15, 0.2) is 0 Å². The summed E-state index contributed by atoms with van der Waals surface area (Å²) >= 11 is 0. The first-order valence-electron chi connectivity index (χ1n) is 7.45. The van der Waals surface area contributed by atoms with Gasteiger partial charge in [0.05, 0.1) is 12.3 Å². The fourth-order valence-corrected chi connectivity index (χ4v) is 2.19. The second kappa shape index (κ2) is 7.65. The monoisotopic (exact) mass is 306 g/mol. The Morgan fingerprint density at radius 2 is 1.77 bits per heavy atom. The van der Waals surface area contributed by atoms with Gasteiger partial charge in [-0.2, -0.15) is 0 Å². The van der Waals surface area contributed by atoms with Crippen molar-refractivity contribution in [3.8, 4) is 11.4 Å². The predicted molar refractivity (Wildman–Crippen MR) is 84.6 cm³/mol. The van der Waals surface area contributed by atoms with E-state index in [2.05, 4.69) is 5.10 Å². The van der Waals surface area contributed by atoms with Gasteiger partial charge in [0.1, 0.15) is 5.75 Å². The van der Waals surface area contributed by atoms with Crippen LogP contribution >= 0.6 is 0 Å². The highest BCUT2D eigenvalue weighted by atomic mass is 16.5. The quantitative estimate of drug-likeness (QED) is 0.704. The van der Waals surface area contributed by atoms with Crippen molar-refractivity contribution in [2.24, 2.45) is 12.8 Å². The highest BCUT2D eigenvalue weighted by Crippen LogP contribution is 2.14. The van der Waals surface area contributed by atoms with Gasteiger partial charge in [0, 0.05) is 7.05 Å². The molecule has 1 heterocycles. The minimum Gasteiger partial charge on any atom is -0.494 e. The third kappa shape index (κ3) is 3.88. The third-order valence-corrected chi connectivity index (χ3v) is 3.41. The summed E-state index contributed by atoms with van der Waals surface area (Å²) in [7, 11) is 1.50. The molecule has 0 aliphatic rings. The Balaban J connectivity index is 1.93. The van der Waals surface area contributed by atoms with Gasteiger partial charge in [-0.05, 0) is 43.7 Å². The molecule has 0 saturated carbocycles. The zero-order valence-corrected chi connectivity index (χ0v) is 12.7. The molecule has 0 atom stereocenters. The number of ether oxygens (including phenoxy) is 1. The highest BCUT2D eigenvalue weighted by Gasteiger charge is 2.08. The van der Waals surface area contributed by atoms with E-state index in [0.717, 1.165) is 47.2 Å². The molecular weight excluding hydrogens is 284 g/mol. The molecule has 22 heavy (non-hydrogen) atoms. The zero-order valence-electron chi connectivity index (χ0n) is 12.7. The van der Waals surface area contributed by atoms with E-state index in [1.165, 1.54) is 7.05 Å². The number of aromatic nitrogens is 3. The van der Waals surface area contributed by atoms with E-state index >= 15 is 0 Å². The van der Waals surface area contributed by atoms with Crippen molar-refractivity contribution in [1.82, 2.24) is 14.3 Å². The van der Waals surface area contributed by atoms with Crippen molar-refractivity contribution >= 4 is 0 Å². The Labute approximate surface area is 128 Å². The molecule has 1 aromatic carbocycles. The first kappa shape index (κ1) is 16.1.